The molecular formula is C13H21N3O2S2. The second-order valence-electron chi connectivity index (χ2n) is 5.53. The Labute approximate surface area is 124 Å². The molecule has 2 saturated heterocycles. The van der Waals surface area contributed by atoms with Gasteiger partial charge in [0.2, 0.25) is 10.0 Å². The first-order chi connectivity index (χ1) is 9.48. The van der Waals surface area contributed by atoms with Crippen molar-refractivity contribution in [3.05, 3.63) is 15.8 Å². The highest BCUT2D eigenvalue weighted by Crippen LogP contribution is 2.28. The van der Waals surface area contributed by atoms with Crippen molar-refractivity contribution in [2.24, 2.45) is 0 Å². The van der Waals surface area contributed by atoms with Crippen molar-refractivity contribution in [2.75, 3.05) is 39.3 Å². The Morgan fingerprint density at radius 2 is 1.85 bits per heavy atom. The summed E-state index contributed by atoms with van der Waals surface area (Å²) in [6, 6.07) is 2.40. The molecule has 112 valence electrons. The van der Waals surface area contributed by atoms with Crippen LogP contribution in [0.2, 0.25) is 0 Å². The number of sulfonamides is 1. The van der Waals surface area contributed by atoms with Crippen LogP contribution in [0.15, 0.2) is 11.0 Å². The number of rotatable bonds is 3. The van der Waals surface area contributed by atoms with Crippen LogP contribution >= 0.6 is 11.3 Å². The van der Waals surface area contributed by atoms with Crippen LogP contribution in [-0.2, 0) is 10.0 Å². The van der Waals surface area contributed by atoms with E-state index < -0.39 is 10.0 Å². The third-order valence-corrected chi connectivity index (χ3v) is 7.28. The Kier molecular flexibility index (Phi) is 3.89. The summed E-state index contributed by atoms with van der Waals surface area (Å²) in [5.41, 5.74) is 0. The molecule has 5 nitrogen and oxygen atoms in total. The van der Waals surface area contributed by atoms with Crippen LogP contribution in [0.3, 0.4) is 0 Å². The van der Waals surface area contributed by atoms with Crippen LogP contribution in [0, 0.1) is 13.8 Å². The van der Waals surface area contributed by atoms with Gasteiger partial charge in [-0.05, 0) is 19.9 Å². The molecule has 0 spiro atoms. The summed E-state index contributed by atoms with van der Waals surface area (Å²) >= 11 is 1.55. The standard InChI is InChI=1S/C13H21N3O2S2/c1-10-7-13(11(2)19-10)20(17,18)16-5-3-15(4-6-16)12-8-14-9-12/h7,12,14H,3-6,8-9H2,1-2H3. The van der Waals surface area contributed by atoms with Gasteiger partial charge in [0.25, 0.3) is 0 Å². The maximum atomic E-state index is 12.7. The third-order valence-electron chi connectivity index (χ3n) is 4.16. The van der Waals surface area contributed by atoms with Gasteiger partial charge in [-0.3, -0.25) is 4.90 Å². The van der Waals surface area contributed by atoms with Crippen molar-refractivity contribution >= 4 is 21.4 Å². The fourth-order valence-corrected chi connectivity index (χ4v) is 5.79. The van der Waals surface area contributed by atoms with Crippen molar-refractivity contribution < 1.29 is 8.42 Å². The van der Waals surface area contributed by atoms with Gasteiger partial charge in [0, 0.05) is 55.1 Å². The number of hydrogen-bond donors (Lipinski definition) is 1. The molecule has 0 amide bonds. The fourth-order valence-electron chi connectivity index (χ4n) is 2.84. The van der Waals surface area contributed by atoms with Crippen molar-refractivity contribution in [1.82, 2.24) is 14.5 Å². The maximum Gasteiger partial charge on any atom is 0.244 e. The summed E-state index contributed by atoms with van der Waals surface area (Å²) in [5.74, 6) is 0. The zero-order chi connectivity index (χ0) is 14.3. The Balaban J connectivity index is 1.71. The third kappa shape index (κ3) is 2.53. The van der Waals surface area contributed by atoms with Gasteiger partial charge < -0.3 is 5.32 Å². The minimum Gasteiger partial charge on any atom is -0.314 e. The summed E-state index contributed by atoms with van der Waals surface area (Å²) in [4.78, 5) is 4.85. The molecule has 1 aromatic heterocycles. The van der Waals surface area contributed by atoms with Gasteiger partial charge in [-0.2, -0.15) is 4.31 Å². The van der Waals surface area contributed by atoms with Gasteiger partial charge in [0.1, 0.15) is 0 Å². The van der Waals surface area contributed by atoms with Gasteiger partial charge in [-0.15, -0.1) is 11.3 Å². The number of aryl methyl sites for hydroxylation is 2. The summed E-state index contributed by atoms with van der Waals surface area (Å²) in [5, 5.41) is 3.26. The minimum absolute atomic E-state index is 0.499. The Morgan fingerprint density at radius 3 is 2.30 bits per heavy atom. The molecule has 20 heavy (non-hydrogen) atoms. The zero-order valence-corrected chi connectivity index (χ0v) is 13.6. The Hall–Kier alpha value is -0.470. The lowest BCUT2D eigenvalue weighted by Gasteiger charge is -2.42. The normalized spacial score (nSPS) is 22.9. The summed E-state index contributed by atoms with van der Waals surface area (Å²) in [6.45, 7) is 8.81. The van der Waals surface area contributed by atoms with Crippen molar-refractivity contribution in [3.63, 3.8) is 0 Å². The predicted octanol–water partition coefficient (Wildman–Crippen LogP) is 0.643. The van der Waals surface area contributed by atoms with Crippen LogP contribution in [0.5, 0.6) is 0 Å². The van der Waals surface area contributed by atoms with Gasteiger partial charge in [0.05, 0.1) is 4.90 Å². The van der Waals surface area contributed by atoms with Crippen LogP contribution in [0.25, 0.3) is 0 Å². The van der Waals surface area contributed by atoms with Gasteiger partial charge >= 0.3 is 0 Å². The molecule has 0 radical (unpaired) electrons. The highest BCUT2D eigenvalue weighted by Gasteiger charge is 2.33. The molecule has 3 rings (SSSR count). The summed E-state index contributed by atoms with van der Waals surface area (Å²) in [6.07, 6.45) is 0. The van der Waals surface area contributed by atoms with E-state index in [1.807, 2.05) is 13.8 Å². The molecule has 7 heteroatoms. The van der Waals surface area contributed by atoms with Crippen molar-refractivity contribution in [3.8, 4) is 0 Å². The number of nitrogens with one attached hydrogen (secondary N) is 1. The van der Waals surface area contributed by atoms with E-state index in [4.69, 9.17) is 0 Å². The summed E-state index contributed by atoms with van der Waals surface area (Å²) in [7, 11) is -3.31. The second-order valence-corrected chi connectivity index (χ2v) is 8.90. The maximum absolute atomic E-state index is 12.7. The van der Waals surface area contributed by atoms with E-state index in [-0.39, 0.29) is 0 Å². The van der Waals surface area contributed by atoms with Gasteiger partial charge in [0.15, 0.2) is 0 Å². The number of thiophene rings is 1. The molecule has 0 aromatic carbocycles. The molecule has 0 bridgehead atoms. The van der Waals surface area contributed by atoms with Crippen LogP contribution in [0.1, 0.15) is 9.75 Å². The average molecular weight is 315 g/mol. The van der Waals surface area contributed by atoms with E-state index >= 15 is 0 Å². The van der Waals surface area contributed by atoms with Crippen LogP contribution < -0.4 is 5.32 Å². The monoisotopic (exact) mass is 315 g/mol. The van der Waals surface area contributed by atoms with Gasteiger partial charge in [-0.1, -0.05) is 0 Å². The molecule has 0 unspecified atom stereocenters. The topological polar surface area (TPSA) is 52.7 Å². The zero-order valence-electron chi connectivity index (χ0n) is 11.9. The van der Waals surface area contributed by atoms with Gasteiger partial charge in [-0.25, -0.2) is 8.42 Å². The van der Waals surface area contributed by atoms with E-state index in [1.54, 1.807) is 21.7 Å². The average Bonchev–Trinajstić information content (AvgIpc) is 2.68. The van der Waals surface area contributed by atoms with Crippen LogP contribution in [0.4, 0.5) is 0 Å². The summed E-state index contributed by atoms with van der Waals surface area (Å²) < 4.78 is 27.0. The smallest absolute Gasteiger partial charge is 0.244 e. The Morgan fingerprint density at radius 1 is 1.20 bits per heavy atom. The first kappa shape index (κ1) is 14.5. The highest BCUT2D eigenvalue weighted by molar-refractivity contribution is 7.89. The number of nitrogens with zero attached hydrogens (tertiary/aromatic N) is 2. The quantitative estimate of drug-likeness (QED) is 0.889. The number of piperazine rings is 1. The lowest BCUT2D eigenvalue weighted by atomic mass is 10.1. The molecule has 1 aromatic rings. The Bertz CT molecular complexity index is 585. The molecule has 1 N–H and O–H groups in total. The number of hydrogen-bond acceptors (Lipinski definition) is 5. The molecule has 0 saturated carbocycles. The van der Waals surface area contributed by atoms with E-state index in [1.165, 1.54) is 0 Å². The largest absolute Gasteiger partial charge is 0.314 e. The predicted molar refractivity (Wildman–Crippen MR) is 80.8 cm³/mol. The molecule has 3 heterocycles. The molecule has 2 fully saturated rings. The molecule has 0 atom stereocenters. The fraction of sp³-hybridized carbons (Fsp3) is 0.692. The van der Waals surface area contributed by atoms with Crippen molar-refractivity contribution in [1.29, 1.82) is 0 Å². The molecule has 0 aliphatic carbocycles. The lowest BCUT2D eigenvalue weighted by Crippen LogP contribution is -2.62. The first-order valence-electron chi connectivity index (χ1n) is 7.00. The van der Waals surface area contributed by atoms with Crippen molar-refractivity contribution in [2.45, 2.75) is 24.8 Å². The SMILES string of the molecule is Cc1cc(S(=O)(=O)N2CCN(C3CNC3)CC2)c(C)s1. The van der Waals surface area contributed by atoms with E-state index in [9.17, 15) is 8.42 Å². The second kappa shape index (κ2) is 5.38. The molecule has 2 aliphatic rings. The molecule has 2 aliphatic heterocycles. The van der Waals surface area contributed by atoms with Crippen LogP contribution in [-0.4, -0.2) is 62.9 Å². The minimum atomic E-state index is -3.31. The lowest BCUT2D eigenvalue weighted by molar-refractivity contribution is 0.103. The van der Waals surface area contributed by atoms with E-state index in [0.717, 1.165) is 35.9 Å². The van der Waals surface area contributed by atoms with E-state index in [0.29, 0.717) is 24.0 Å². The highest BCUT2D eigenvalue weighted by atomic mass is 32.2. The first-order valence-corrected chi connectivity index (χ1v) is 9.26. The van der Waals surface area contributed by atoms with E-state index in [2.05, 4.69) is 10.2 Å². The molecular weight excluding hydrogens is 294 g/mol.